The number of fused-ring (bicyclic) bond motifs is 2. The number of halogens is 2. The van der Waals surface area contributed by atoms with Crippen LogP contribution in [0.1, 0.15) is 61.5 Å². The van der Waals surface area contributed by atoms with Crippen LogP contribution in [0.25, 0.3) is 10.9 Å². The molecule has 5 rings (SSSR count). The van der Waals surface area contributed by atoms with Gasteiger partial charge in [-0.05, 0) is 61.8 Å². The van der Waals surface area contributed by atoms with E-state index in [1.165, 1.54) is 11.1 Å². The molecule has 6 atom stereocenters. The number of benzene rings is 2. The summed E-state index contributed by atoms with van der Waals surface area (Å²) in [6, 6.07) is 12.7. The zero-order chi connectivity index (χ0) is 34.5. The second kappa shape index (κ2) is 14.8. The molecule has 2 aliphatic rings. The SMILES string of the molecule is C=C(C)[C@@H](NC(=O)c1ccnc2ccccc12)C(=O)N1C[C@@H]2CCC[C@@H]2[C@H]1C(=O)NC(CC(F)F)C(=O)C(=O)N[C@@H](C)c1ccccc1. The van der Waals surface area contributed by atoms with E-state index in [2.05, 4.69) is 27.5 Å². The third-order valence-electron chi connectivity index (χ3n) is 9.27. The van der Waals surface area contributed by atoms with Crippen molar-refractivity contribution >= 4 is 40.3 Å². The maximum Gasteiger partial charge on any atom is 0.290 e. The second-order valence-electron chi connectivity index (χ2n) is 12.6. The van der Waals surface area contributed by atoms with E-state index >= 15 is 0 Å². The largest absolute Gasteiger partial charge is 0.344 e. The molecule has 1 unspecified atom stereocenters. The number of pyridine rings is 1. The van der Waals surface area contributed by atoms with Crippen LogP contribution in [-0.2, 0) is 19.2 Å². The van der Waals surface area contributed by atoms with Crippen molar-refractivity contribution < 1.29 is 32.8 Å². The topological polar surface area (TPSA) is 138 Å². The highest BCUT2D eigenvalue weighted by Crippen LogP contribution is 2.42. The lowest BCUT2D eigenvalue weighted by Crippen LogP contribution is -2.58. The van der Waals surface area contributed by atoms with Gasteiger partial charge in [0.15, 0.2) is 0 Å². The highest BCUT2D eigenvalue weighted by Gasteiger charge is 2.51. The Kier molecular flexibility index (Phi) is 10.6. The van der Waals surface area contributed by atoms with Crippen LogP contribution in [0.3, 0.4) is 0 Å². The summed E-state index contributed by atoms with van der Waals surface area (Å²) in [5.41, 5.74) is 1.94. The van der Waals surface area contributed by atoms with Gasteiger partial charge >= 0.3 is 0 Å². The minimum Gasteiger partial charge on any atom is -0.344 e. The molecule has 252 valence electrons. The van der Waals surface area contributed by atoms with Crippen LogP contribution >= 0.6 is 0 Å². The number of hydrogen-bond acceptors (Lipinski definition) is 6. The van der Waals surface area contributed by atoms with E-state index in [1.54, 1.807) is 74.5 Å². The summed E-state index contributed by atoms with van der Waals surface area (Å²) in [6.07, 6.45) is -0.387. The van der Waals surface area contributed by atoms with Crippen LogP contribution in [0.15, 0.2) is 79.0 Å². The zero-order valence-electron chi connectivity index (χ0n) is 26.8. The van der Waals surface area contributed by atoms with Gasteiger partial charge in [-0.1, -0.05) is 61.5 Å². The average molecular weight is 660 g/mol. The van der Waals surface area contributed by atoms with Gasteiger partial charge in [-0.25, -0.2) is 8.78 Å². The summed E-state index contributed by atoms with van der Waals surface area (Å²) in [6.45, 7) is 7.37. The molecular weight excluding hydrogens is 620 g/mol. The number of nitrogens with one attached hydrogen (secondary N) is 3. The molecule has 3 aromatic rings. The highest BCUT2D eigenvalue weighted by atomic mass is 19.3. The average Bonchev–Trinajstić information content (AvgIpc) is 3.67. The fourth-order valence-corrected chi connectivity index (χ4v) is 6.85. The van der Waals surface area contributed by atoms with Gasteiger partial charge in [0.2, 0.25) is 24.0 Å². The van der Waals surface area contributed by atoms with E-state index in [1.807, 2.05) is 0 Å². The Morgan fingerprint density at radius 3 is 2.38 bits per heavy atom. The molecule has 0 radical (unpaired) electrons. The summed E-state index contributed by atoms with van der Waals surface area (Å²) in [4.78, 5) is 73.2. The van der Waals surface area contributed by atoms with Crippen LogP contribution in [-0.4, -0.2) is 70.4 Å². The first-order chi connectivity index (χ1) is 23.0. The van der Waals surface area contributed by atoms with Gasteiger partial charge in [-0.15, -0.1) is 0 Å². The molecule has 12 heteroatoms. The first-order valence-corrected chi connectivity index (χ1v) is 16.0. The van der Waals surface area contributed by atoms with E-state index in [4.69, 9.17) is 0 Å². The number of alkyl halides is 2. The molecule has 1 saturated carbocycles. The van der Waals surface area contributed by atoms with E-state index in [-0.39, 0.29) is 18.4 Å². The predicted octanol–water partition coefficient (Wildman–Crippen LogP) is 4.12. The van der Waals surface area contributed by atoms with Crippen molar-refractivity contribution in [1.82, 2.24) is 25.8 Å². The summed E-state index contributed by atoms with van der Waals surface area (Å²) in [7, 11) is 0. The van der Waals surface area contributed by atoms with Gasteiger partial charge in [0.1, 0.15) is 18.1 Å². The van der Waals surface area contributed by atoms with Gasteiger partial charge in [-0.3, -0.25) is 29.0 Å². The van der Waals surface area contributed by atoms with Crippen molar-refractivity contribution in [3.8, 4) is 0 Å². The van der Waals surface area contributed by atoms with Gasteiger partial charge in [0, 0.05) is 24.5 Å². The number of para-hydroxylation sites is 1. The molecular formula is C36H39F2N5O5. The Hall–Kier alpha value is -5.00. The van der Waals surface area contributed by atoms with Crippen molar-refractivity contribution in [2.45, 2.75) is 70.1 Å². The molecule has 48 heavy (non-hydrogen) atoms. The summed E-state index contributed by atoms with van der Waals surface area (Å²) in [5.74, 6) is -4.54. The van der Waals surface area contributed by atoms with Gasteiger partial charge in [-0.2, -0.15) is 0 Å². The minimum absolute atomic E-state index is 0.0328. The number of rotatable bonds is 12. The third kappa shape index (κ3) is 7.42. The van der Waals surface area contributed by atoms with Crippen molar-refractivity contribution in [3.05, 3.63) is 90.1 Å². The monoisotopic (exact) mass is 659 g/mol. The normalized spacial score (nSPS) is 20.4. The van der Waals surface area contributed by atoms with Crippen molar-refractivity contribution in [3.63, 3.8) is 0 Å². The molecule has 0 spiro atoms. The maximum atomic E-state index is 14.1. The van der Waals surface area contributed by atoms with Crippen molar-refractivity contribution in [1.29, 1.82) is 0 Å². The fraction of sp³-hybridized carbons (Fsp3) is 0.389. The molecule has 1 aromatic heterocycles. The standard InChI is InChI=1S/C36H39F2N5O5/c1-20(2)30(42-33(45)26-16-17-39-27-15-8-7-13-25(26)27)36(48)43-19-23-12-9-14-24(23)31(43)34(46)41-28(18-29(37)38)32(44)35(47)40-21(3)22-10-5-4-6-11-22/h4-8,10-11,13,15-17,21,23-24,28-31H,1,9,12,14,18-19H2,2-3H3,(H,40,47)(H,41,46)(H,42,45)/t21-,23-,24-,28?,30+,31-/m0/s1. The Bertz CT molecular complexity index is 1710. The number of nitrogens with zero attached hydrogens (tertiary/aromatic N) is 2. The van der Waals surface area contributed by atoms with E-state index in [9.17, 15) is 32.8 Å². The molecule has 1 aliphatic carbocycles. The number of hydrogen-bond donors (Lipinski definition) is 3. The summed E-state index contributed by atoms with van der Waals surface area (Å²) >= 11 is 0. The molecule has 4 amide bonds. The molecule has 0 bridgehead atoms. The van der Waals surface area contributed by atoms with Crippen LogP contribution in [0.2, 0.25) is 0 Å². The van der Waals surface area contributed by atoms with Crippen LogP contribution in [0.4, 0.5) is 8.78 Å². The number of Topliss-reactive ketones (excluding diaryl/α,β-unsaturated/α-hetero) is 1. The zero-order valence-corrected chi connectivity index (χ0v) is 26.8. The number of likely N-dealkylation sites (tertiary alicyclic amines) is 1. The fourth-order valence-electron chi connectivity index (χ4n) is 6.85. The van der Waals surface area contributed by atoms with Gasteiger partial charge in [0.05, 0.1) is 17.1 Å². The summed E-state index contributed by atoms with van der Waals surface area (Å²) in [5, 5.41) is 8.28. The third-order valence-corrected chi connectivity index (χ3v) is 9.27. The highest BCUT2D eigenvalue weighted by molar-refractivity contribution is 6.38. The minimum atomic E-state index is -2.99. The van der Waals surface area contributed by atoms with Crippen LogP contribution in [0, 0.1) is 11.8 Å². The Morgan fingerprint density at radius 1 is 0.958 bits per heavy atom. The van der Waals surface area contributed by atoms with E-state index < -0.39 is 66.4 Å². The smallest absolute Gasteiger partial charge is 0.290 e. The Morgan fingerprint density at radius 2 is 1.67 bits per heavy atom. The maximum absolute atomic E-state index is 14.1. The first kappa shape index (κ1) is 34.3. The molecule has 1 aliphatic heterocycles. The molecule has 2 heterocycles. The molecule has 2 aromatic carbocycles. The molecule has 10 nitrogen and oxygen atoms in total. The number of ketones is 1. The number of amides is 4. The van der Waals surface area contributed by atoms with E-state index in [0.717, 1.165) is 12.8 Å². The Balaban J connectivity index is 1.35. The second-order valence-corrected chi connectivity index (χ2v) is 12.6. The number of aromatic nitrogens is 1. The molecule has 3 N–H and O–H groups in total. The Labute approximate surface area is 277 Å². The van der Waals surface area contributed by atoms with E-state index in [0.29, 0.717) is 34.0 Å². The lowest BCUT2D eigenvalue weighted by atomic mass is 9.93. The molecule has 1 saturated heterocycles. The van der Waals surface area contributed by atoms with Crippen molar-refractivity contribution in [2.24, 2.45) is 11.8 Å². The van der Waals surface area contributed by atoms with Gasteiger partial charge in [0.25, 0.3) is 11.8 Å². The van der Waals surface area contributed by atoms with Crippen LogP contribution in [0.5, 0.6) is 0 Å². The predicted molar refractivity (Wildman–Crippen MR) is 175 cm³/mol. The summed E-state index contributed by atoms with van der Waals surface area (Å²) < 4.78 is 27.4. The number of carbonyl (C=O) groups excluding carboxylic acids is 5. The first-order valence-electron chi connectivity index (χ1n) is 16.0. The van der Waals surface area contributed by atoms with Crippen molar-refractivity contribution in [2.75, 3.05) is 6.54 Å². The quantitative estimate of drug-likeness (QED) is 0.198. The lowest BCUT2D eigenvalue weighted by molar-refractivity contribution is -0.143. The number of carbonyl (C=O) groups is 5. The van der Waals surface area contributed by atoms with Gasteiger partial charge < -0.3 is 20.9 Å². The molecule has 2 fully saturated rings. The van der Waals surface area contributed by atoms with Crippen LogP contribution < -0.4 is 16.0 Å². The lowest BCUT2D eigenvalue weighted by Gasteiger charge is -2.32.